The summed E-state index contributed by atoms with van der Waals surface area (Å²) < 4.78 is 0. The summed E-state index contributed by atoms with van der Waals surface area (Å²) in [5.41, 5.74) is -0.268. The Morgan fingerprint density at radius 3 is 2.57 bits per heavy atom. The van der Waals surface area contributed by atoms with Crippen LogP contribution >= 0.6 is 0 Å². The predicted octanol–water partition coefficient (Wildman–Crippen LogP) is 1.29. The third kappa shape index (κ3) is 4.72. The van der Waals surface area contributed by atoms with Gasteiger partial charge >= 0.3 is 6.03 Å². The van der Waals surface area contributed by atoms with Crippen LogP contribution in [0.5, 0.6) is 0 Å². The molecule has 5 nitrogen and oxygen atoms in total. The van der Waals surface area contributed by atoms with Gasteiger partial charge in [-0.3, -0.25) is 0 Å². The van der Waals surface area contributed by atoms with Crippen molar-refractivity contribution in [3.8, 4) is 0 Å². The Labute approximate surface area is 126 Å². The average Bonchev–Trinajstić information content (AvgIpc) is 2.49. The predicted molar refractivity (Wildman–Crippen MR) is 83.1 cm³/mol. The Balaban J connectivity index is 1.78. The fraction of sp³-hybridized carbons (Fsp3) is 0.562. The second kappa shape index (κ2) is 6.91. The molecule has 3 N–H and O–H groups in total. The number of likely N-dealkylation sites (tertiary alicyclic amines) is 1. The van der Waals surface area contributed by atoms with Crippen molar-refractivity contribution in [1.29, 1.82) is 0 Å². The van der Waals surface area contributed by atoms with Crippen molar-refractivity contribution < 1.29 is 9.90 Å². The van der Waals surface area contributed by atoms with Gasteiger partial charge in [0.25, 0.3) is 0 Å². The molecule has 1 unspecified atom stereocenters. The molecule has 116 valence electrons. The number of carbonyl (C=O) groups excluding carboxylic acids is 1. The highest BCUT2D eigenvalue weighted by molar-refractivity contribution is 5.74. The van der Waals surface area contributed by atoms with Gasteiger partial charge in [-0.05, 0) is 45.5 Å². The molecule has 21 heavy (non-hydrogen) atoms. The van der Waals surface area contributed by atoms with Crippen LogP contribution in [0.15, 0.2) is 30.3 Å². The van der Waals surface area contributed by atoms with Crippen LogP contribution in [-0.2, 0) is 5.60 Å². The van der Waals surface area contributed by atoms with E-state index in [4.69, 9.17) is 0 Å². The van der Waals surface area contributed by atoms with Crippen molar-refractivity contribution in [2.75, 3.05) is 26.7 Å². The third-order valence-corrected chi connectivity index (χ3v) is 4.04. The number of hydrogen-bond donors (Lipinski definition) is 3. The van der Waals surface area contributed by atoms with E-state index in [-0.39, 0.29) is 18.6 Å². The van der Waals surface area contributed by atoms with E-state index in [1.807, 2.05) is 30.3 Å². The molecule has 0 aromatic heterocycles. The van der Waals surface area contributed by atoms with Gasteiger partial charge in [0, 0.05) is 6.04 Å². The SMILES string of the molecule is CN1CCC(NC(=O)NCC(C)(O)c2ccccc2)CC1. The number of rotatable bonds is 4. The first-order chi connectivity index (χ1) is 9.97. The van der Waals surface area contributed by atoms with Gasteiger partial charge in [-0.15, -0.1) is 0 Å². The van der Waals surface area contributed by atoms with Crippen LogP contribution in [0.4, 0.5) is 4.79 Å². The third-order valence-electron chi connectivity index (χ3n) is 4.04. The highest BCUT2D eigenvalue weighted by Gasteiger charge is 2.24. The van der Waals surface area contributed by atoms with Gasteiger partial charge in [-0.25, -0.2) is 4.79 Å². The Morgan fingerprint density at radius 1 is 1.33 bits per heavy atom. The maximum atomic E-state index is 11.9. The largest absolute Gasteiger partial charge is 0.384 e. The van der Waals surface area contributed by atoms with Gasteiger partial charge in [0.05, 0.1) is 6.54 Å². The van der Waals surface area contributed by atoms with Gasteiger partial charge < -0.3 is 20.6 Å². The minimum absolute atomic E-state index is 0.190. The Hall–Kier alpha value is -1.59. The number of nitrogens with one attached hydrogen (secondary N) is 2. The molecular weight excluding hydrogens is 266 g/mol. The van der Waals surface area contributed by atoms with Crippen LogP contribution in [0, 0.1) is 0 Å². The molecule has 0 bridgehead atoms. The Bertz CT molecular complexity index is 454. The lowest BCUT2D eigenvalue weighted by Crippen LogP contribution is -2.49. The molecule has 1 aromatic rings. The van der Waals surface area contributed by atoms with Gasteiger partial charge in [0.1, 0.15) is 5.60 Å². The molecular formula is C16H25N3O2. The zero-order valence-corrected chi connectivity index (χ0v) is 12.8. The fourth-order valence-electron chi connectivity index (χ4n) is 2.54. The summed E-state index contributed by atoms with van der Waals surface area (Å²) in [6.45, 7) is 3.91. The topological polar surface area (TPSA) is 64.6 Å². The lowest BCUT2D eigenvalue weighted by Gasteiger charge is -2.30. The smallest absolute Gasteiger partial charge is 0.315 e. The van der Waals surface area contributed by atoms with Crippen LogP contribution < -0.4 is 10.6 Å². The molecule has 0 aliphatic carbocycles. The number of carbonyl (C=O) groups is 1. The molecule has 1 aliphatic rings. The van der Waals surface area contributed by atoms with E-state index in [1.165, 1.54) is 0 Å². The van der Waals surface area contributed by atoms with Crippen LogP contribution in [-0.4, -0.2) is 48.8 Å². The van der Waals surface area contributed by atoms with E-state index < -0.39 is 5.60 Å². The number of aliphatic hydroxyl groups is 1. The molecule has 1 fully saturated rings. The molecule has 2 amide bonds. The van der Waals surface area contributed by atoms with E-state index >= 15 is 0 Å². The zero-order chi connectivity index (χ0) is 15.3. The molecule has 5 heteroatoms. The van der Waals surface area contributed by atoms with Crippen molar-refractivity contribution in [2.45, 2.75) is 31.4 Å². The Kier molecular flexibility index (Phi) is 5.20. The number of benzene rings is 1. The second-order valence-corrected chi connectivity index (χ2v) is 6.04. The molecule has 2 rings (SSSR count). The van der Waals surface area contributed by atoms with E-state index in [0.29, 0.717) is 0 Å². The number of amides is 2. The van der Waals surface area contributed by atoms with Crippen LogP contribution in [0.1, 0.15) is 25.3 Å². The monoisotopic (exact) mass is 291 g/mol. The van der Waals surface area contributed by atoms with Crippen LogP contribution in [0.25, 0.3) is 0 Å². The molecule has 1 aliphatic heterocycles. The molecule has 0 spiro atoms. The summed E-state index contributed by atoms with van der Waals surface area (Å²) in [5, 5.41) is 16.2. The van der Waals surface area contributed by atoms with Crippen LogP contribution in [0.3, 0.4) is 0 Å². The number of hydrogen-bond acceptors (Lipinski definition) is 3. The van der Waals surface area contributed by atoms with Gasteiger partial charge in [-0.2, -0.15) is 0 Å². The second-order valence-electron chi connectivity index (χ2n) is 6.04. The van der Waals surface area contributed by atoms with Crippen molar-refractivity contribution >= 4 is 6.03 Å². The summed E-state index contributed by atoms with van der Waals surface area (Å²) in [6.07, 6.45) is 1.94. The van der Waals surface area contributed by atoms with E-state index in [0.717, 1.165) is 31.5 Å². The standard InChI is InChI=1S/C16H25N3O2/c1-16(21,13-6-4-3-5-7-13)12-17-15(20)18-14-8-10-19(2)11-9-14/h3-7,14,21H,8-12H2,1-2H3,(H2,17,18,20). The maximum absolute atomic E-state index is 11.9. The number of piperidine rings is 1. The van der Waals surface area contributed by atoms with E-state index in [9.17, 15) is 9.90 Å². The summed E-state index contributed by atoms with van der Waals surface area (Å²) in [7, 11) is 2.09. The Morgan fingerprint density at radius 2 is 1.95 bits per heavy atom. The summed E-state index contributed by atoms with van der Waals surface area (Å²) in [6, 6.07) is 9.39. The first kappa shape index (κ1) is 15.8. The lowest BCUT2D eigenvalue weighted by atomic mass is 9.96. The summed E-state index contributed by atoms with van der Waals surface area (Å²) >= 11 is 0. The van der Waals surface area contributed by atoms with Gasteiger partial charge in [-0.1, -0.05) is 30.3 Å². The highest BCUT2D eigenvalue weighted by atomic mass is 16.3. The van der Waals surface area contributed by atoms with Crippen molar-refractivity contribution in [2.24, 2.45) is 0 Å². The number of urea groups is 1. The summed E-state index contributed by atoms with van der Waals surface area (Å²) in [4.78, 5) is 14.2. The van der Waals surface area contributed by atoms with Crippen LogP contribution in [0.2, 0.25) is 0 Å². The highest BCUT2D eigenvalue weighted by Crippen LogP contribution is 2.18. The fourth-order valence-corrected chi connectivity index (χ4v) is 2.54. The van der Waals surface area contributed by atoms with E-state index in [1.54, 1.807) is 6.92 Å². The first-order valence-corrected chi connectivity index (χ1v) is 7.48. The zero-order valence-electron chi connectivity index (χ0n) is 12.8. The summed E-state index contributed by atoms with van der Waals surface area (Å²) in [5.74, 6) is 0. The molecule has 0 radical (unpaired) electrons. The molecule has 1 atom stereocenters. The normalized spacial score (nSPS) is 19.8. The molecule has 1 heterocycles. The van der Waals surface area contributed by atoms with Gasteiger partial charge in [0.15, 0.2) is 0 Å². The first-order valence-electron chi connectivity index (χ1n) is 7.48. The minimum atomic E-state index is -1.06. The molecule has 1 aromatic carbocycles. The number of nitrogens with zero attached hydrogens (tertiary/aromatic N) is 1. The molecule has 1 saturated heterocycles. The van der Waals surface area contributed by atoms with E-state index in [2.05, 4.69) is 22.6 Å². The maximum Gasteiger partial charge on any atom is 0.315 e. The van der Waals surface area contributed by atoms with Crippen molar-refractivity contribution in [3.05, 3.63) is 35.9 Å². The lowest BCUT2D eigenvalue weighted by molar-refractivity contribution is 0.0591. The average molecular weight is 291 g/mol. The molecule has 0 saturated carbocycles. The minimum Gasteiger partial charge on any atom is -0.384 e. The van der Waals surface area contributed by atoms with Crippen molar-refractivity contribution in [1.82, 2.24) is 15.5 Å². The van der Waals surface area contributed by atoms with Crippen molar-refractivity contribution in [3.63, 3.8) is 0 Å². The quantitative estimate of drug-likeness (QED) is 0.783. The van der Waals surface area contributed by atoms with Gasteiger partial charge in [0.2, 0.25) is 0 Å².